The predicted molar refractivity (Wildman–Crippen MR) is 58.3 cm³/mol. The van der Waals surface area contributed by atoms with E-state index in [-0.39, 0.29) is 17.6 Å². The SMILES string of the molecule is CC(CCl)CS(=O)(=O)c1ccc(F)cc1F. The second-order valence-electron chi connectivity index (χ2n) is 3.62. The third kappa shape index (κ3) is 3.15. The van der Waals surface area contributed by atoms with Crippen molar-refractivity contribution in [3.05, 3.63) is 29.8 Å². The minimum Gasteiger partial charge on any atom is -0.224 e. The van der Waals surface area contributed by atoms with Gasteiger partial charge in [0, 0.05) is 11.9 Å². The van der Waals surface area contributed by atoms with Gasteiger partial charge in [-0.2, -0.15) is 0 Å². The van der Waals surface area contributed by atoms with Crippen molar-refractivity contribution < 1.29 is 17.2 Å². The molecule has 0 aromatic heterocycles. The molecule has 1 unspecified atom stereocenters. The highest BCUT2D eigenvalue weighted by Crippen LogP contribution is 2.19. The van der Waals surface area contributed by atoms with E-state index in [1.165, 1.54) is 0 Å². The zero-order valence-electron chi connectivity index (χ0n) is 8.58. The third-order valence-electron chi connectivity index (χ3n) is 2.00. The Balaban J connectivity index is 3.08. The summed E-state index contributed by atoms with van der Waals surface area (Å²) >= 11 is 5.49. The van der Waals surface area contributed by atoms with E-state index in [4.69, 9.17) is 11.6 Å². The van der Waals surface area contributed by atoms with E-state index in [0.29, 0.717) is 6.07 Å². The maximum Gasteiger partial charge on any atom is 0.181 e. The van der Waals surface area contributed by atoms with Gasteiger partial charge < -0.3 is 0 Å². The van der Waals surface area contributed by atoms with E-state index >= 15 is 0 Å². The van der Waals surface area contributed by atoms with Crippen LogP contribution in [0.5, 0.6) is 0 Å². The number of alkyl halides is 1. The van der Waals surface area contributed by atoms with Crippen LogP contribution in [0.15, 0.2) is 23.1 Å². The number of sulfone groups is 1. The fourth-order valence-electron chi connectivity index (χ4n) is 1.24. The van der Waals surface area contributed by atoms with Crippen molar-refractivity contribution in [3.8, 4) is 0 Å². The summed E-state index contributed by atoms with van der Waals surface area (Å²) in [6.45, 7) is 1.64. The van der Waals surface area contributed by atoms with E-state index in [2.05, 4.69) is 0 Å². The summed E-state index contributed by atoms with van der Waals surface area (Å²) in [6.07, 6.45) is 0. The molecule has 2 nitrogen and oxygen atoms in total. The molecule has 0 bridgehead atoms. The first kappa shape index (κ1) is 13.4. The van der Waals surface area contributed by atoms with Crippen molar-refractivity contribution in [1.82, 2.24) is 0 Å². The van der Waals surface area contributed by atoms with E-state index in [0.717, 1.165) is 12.1 Å². The molecule has 0 amide bonds. The number of hydrogen-bond donors (Lipinski definition) is 0. The van der Waals surface area contributed by atoms with Crippen LogP contribution in [0.4, 0.5) is 8.78 Å². The Morgan fingerprint density at radius 2 is 2.00 bits per heavy atom. The number of rotatable bonds is 4. The maximum atomic E-state index is 13.2. The molecule has 16 heavy (non-hydrogen) atoms. The lowest BCUT2D eigenvalue weighted by molar-refractivity contribution is 0.545. The van der Waals surface area contributed by atoms with Gasteiger partial charge in [0.15, 0.2) is 9.84 Å². The molecule has 6 heteroatoms. The molecule has 0 saturated carbocycles. The second-order valence-corrected chi connectivity index (χ2v) is 5.93. The molecule has 1 aromatic rings. The van der Waals surface area contributed by atoms with Crippen molar-refractivity contribution in [2.75, 3.05) is 11.6 Å². The number of hydrogen-bond acceptors (Lipinski definition) is 2. The summed E-state index contributed by atoms with van der Waals surface area (Å²) in [5.41, 5.74) is 0. The molecule has 0 spiro atoms. The van der Waals surface area contributed by atoms with E-state index in [1.54, 1.807) is 6.92 Å². The average molecular weight is 269 g/mol. The summed E-state index contributed by atoms with van der Waals surface area (Å²) in [6, 6.07) is 2.40. The molecule has 0 aliphatic carbocycles. The molecule has 0 N–H and O–H groups in total. The Bertz CT molecular complexity index is 474. The fourth-order valence-corrected chi connectivity index (χ4v) is 3.15. The van der Waals surface area contributed by atoms with Crippen LogP contribution in [0.3, 0.4) is 0 Å². The van der Waals surface area contributed by atoms with Crippen LogP contribution in [0.2, 0.25) is 0 Å². The van der Waals surface area contributed by atoms with E-state index in [1.807, 2.05) is 0 Å². The van der Waals surface area contributed by atoms with E-state index < -0.39 is 26.4 Å². The van der Waals surface area contributed by atoms with E-state index in [9.17, 15) is 17.2 Å². The molecule has 1 atom stereocenters. The van der Waals surface area contributed by atoms with Gasteiger partial charge in [-0.15, -0.1) is 11.6 Å². The molecule has 1 aromatic carbocycles. The second kappa shape index (κ2) is 5.10. The molecule has 0 aliphatic heterocycles. The summed E-state index contributed by atoms with van der Waals surface area (Å²) < 4.78 is 49.3. The lowest BCUT2D eigenvalue weighted by Crippen LogP contribution is -2.16. The first-order valence-corrected chi connectivity index (χ1v) is 6.79. The molecule has 90 valence electrons. The molecule has 0 fully saturated rings. The lowest BCUT2D eigenvalue weighted by Gasteiger charge is -2.09. The molecular weight excluding hydrogens is 258 g/mol. The zero-order chi connectivity index (χ0) is 12.3. The molecular formula is C10H11ClF2O2S. The number of benzene rings is 1. The molecule has 0 aliphatic rings. The van der Waals surface area contributed by atoms with Crippen molar-refractivity contribution >= 4 is 21.4 Å². The zero-order valence-corrected chi connectivity index (χ0v) is 10.2. The normalized spacial score (nSPS) is 13.8. The molecule has 1 rings (SSSR count). The minimum absolute atomic E-state index is 0.169. The van der Waals surface area contributed by atoms with Gasteiger partial charge >= 0.3 is 0 Å². The average Bonchev–Trinajstić information content (AvgIpc) is 2.16. The number of halogens is 3. The van der Waals surface area contributed by atoms with Gasteiger partial charge in [-0.3, -0.25) is 0 Å². The van der Waals surface area contributed by atoms with Crippen LogP contribution in [0.1, 0.15) is 6.92 Å². The van der Waals surface area contributed by atoms with Crippen LogP contribution in [-0.2, 0) is 9.84 Å². The predicted octanol–water partition coefficient (Wildman–Crippen LogP) is 2.61. The summed E-state index contributed by atoms with van der Waals surface area (Å²) in [7, 11) is -3.75. The molecule has 0 heterocycles. The van der Waals surface area contributed by atoms with Gasteiger partial charge in [-0.05, 0) is 18.1 Å². The lowest BCUT2D eigenvalue weighted by atomic mass is 10.3. The van der Waals surface area contributed by atoms with Gasteiger partial charge in [0.05, 0.1) is 5.75 Å². The van der Waals surface area contributed by atoms with Crippen LogP contribution in [0.25, 0.3) is 0 Å². The van der Waals surface area contributed by atoms with Gasteiger partial charge in [0.1, 0.15) is 16.5 Å². The highest BCUT2D eigenvalue weighted by atomic mass is 35.5. The largest absolute Gasteiger partial charge is 0.224 e. The topological polar surface area (TPSA) is 34.1 Å². The molecule has 0 radical (unpaired) electrons. The Kier molecular flexibility index (Phi) is 4.27. The van der Waals surface area contributed by atoms with Crippen LogP contribution in [0, 0.1) is 17.6 Å². The van der Waals surface area contributed by atoms with Gasteiger partial charge in [-0.1, -0.05) is 6.92 Å². The van der Waals surface area contributed by atoms with Crippen LogP contribution >= 0.6 is 11.6 Å². The smallest absolute Gasteiger partial charge is 0.181 e. The Hall–Kier alpha value is -0.680. The Morgan fingerprint density at radius 3 is 2.50 bits per heavy atom. The van der Waals surface area contributed by atoms with Crippen molar-refractivity contribution in [1.29, 1.82) is 0 Å². The van der Waals surface area contributed by atoms with Crippen LogP contribution in [-0.4, -0.2) is 20.1 Å². The van der Waals surface area contributed by atoms with Gasteiger partial charge in [-0.25, -0.2) is 17.2 Å². The van der Waals surface area contributed by atoms with Gasteiger partial charge in [0.2, 0.25) is 0 Å². The van der Waals surface area contributed by atoms with Crippen molar-refractivity contribution in [2.24, 2.45) is 5.92 Å². The standard InChI is InChI=1S/C10H11ClF2O2S/c1-7(5-11)6-16(14,15)10-3-2-8(12)4-9(10)13/h2-4,7H,5-6H2,1H3. The fraction of sp³-hybridized carbons (Fsp3) is 0.400. The van der Waals surface area contributed by atoms with Crippen LogP contribution < -0.4 is 0 Å². The quantitative estimate of drug-likeness (QED) is 0.621. The third-order valence-corrected chi connectivity index (χ3v) is 4.53. The summed E-state index contributed by atoms with van der Waals surface area (Å²) in [4.78, 5) is -0.481. The summed E-state index contributed by atoms with van der Waals surface area (Å²) in [5.74, 6) is -2.24. The molecule has 0 saturated heterocycles. The highest BCUT2D eigenvalue weighted by molar-refractivity contribution is 7.91. The van der Waals surface area contributed by atoms with Crippen molar-refractivity contribution in [3.63, 3.8) is 0 Å². The maximum absolute atomic E-state index is 13.2. The Labute approximate surface area is 98.2 Å². The monoisotopic (exact) mass is 268 g/mol. The van der Waals surface area contributed by atoms with Gasteiger partial charge in [0.25, 0.3) is 0 Å². The first-order valence-electron chi connectivity index (χ1n) is 4.60. The first-order chi connectivity index (χ1) is 7.36. The summed E-state index contributed by atoms with van der Waals surface area (Å²) in [5, 5.41) is 0. The van der Waals surface area contributed by atoms with Crippen molar-refractivity contribution in [2.45, 2.75) is 11.8 Å². The highest BCUT2D eigenvalue weighted by Gasteiger charge is 2.22. The minimum atomic E-state index is -3.75. The Morgan fingerprint density at radius 1 is 1.38 bits per heavy atom.